The van der Waals surface area contributed by atoms with Gasteiger partial charge >= 0.3 is 0 Å². The number of aromatic nitrogens is 1. The molecule has 0 spiro atoms. The van der Waals surface area contributed by atoms with Crippen molar-refractivity contribution in [1.29, 1.82) is 0 Å². The molecule has 2 nitrogen and oxygen atoms in total. The summed E-state index contributed by atoms with van der Waals surface area (Å²) in [5.41, 5.74) is 7.23. The van der Waals surface area contributed by atoms with Gasteiger partial charge in [-0.25, -0.2) is 4.39 Å². The Morgan fingerprint density at radius 2 is 2.23 bits per heavy atom. The first-order valence-corrected chi connectivity index (χ1v) is 4.27. The molecule has 0 fully saturated rings. The molecule has 0 bridgehead atoms. The Morgan fingerprint density at radius 1 is 1.38 bits per heavy atom. The normalized spacial score (nSPS) is 10.9. The van der Waals surface area contributed by atoms with Gasteiger partial charge in [0.25, 0.3) is 0 Å². The zero-order chi connectivity index (χ0) is 9.26. The lowest BCUT2D eigenvalue weighted by molar-refractivity contribution is 0.640. The minimum absolute atomic E-state index is 0.183. The van der Waals surface area contributed by atoms with Gasteiger partial charge in [-0.15, -0.1) is 0 Å². The van der Waals surface area contributed by atoms with Crippen molar-refractivity contribution in [3.8, 4) is 0 Å². The van der Waals surface area contributed by atoms with E-state index in [1.54, 1.807) is 6.07 Å². The summed E-state index contributed by atoms with van der Waals surface area (Å²) < 4.78 is 13.2. The molecule has 2 rings (SSSR count). The number of rotatable bonds is 2. The summed E-state index contributed by atoms with van der Waals surface area (Å²) in [7, 11) is 0. The molecular weight excluding hydrogens is 167 g/mol. The predicted octanol–water partition coefficient (Wildman–Crippen LogP) is 1.81. The van der Waals surface area contributed by atoms with Crippen LogP contribution in [0.4, 0.5) is 4.39 Å². The van der Waals surface area contributed by atoms with E-state index in [0.717, 1.165) is 17.6 Å². The van der Waals surface area contributed by atoms with Crippen LogP contribution in [-0.4, -0.2) is 11.5 Å². The monoisotopic (exact) mass is 178 g/mol. The Morgan fingerprint density at radius 3 is 2.92 bits per heavy atom. The van der Waals surface area contributed by atoms with E-state index in [1.165, 1.54) is 6.07 Å². The second-order valence-corrected chi connectivity index (χ2v) is 3.03. The summed E-state index contributed by atoms with van der Waals surface area (Å²) in [6, 6.07) is 6.83. The fourth-order valence-electron chi connectivity index (χ4n) is 1.47. The molecule has 0 atom stereocenters. The van der Waals surface area contributed by atoms with Crippen molar-refractivity contribution in [3.05, 3.63) is 35.8 Å². The van der Waals surface area contributed by atoms with E-state index in [1.807, 2.05) is 12.1 Å². The molecular formula is C10H11FN2. The lowest BCUT2D eigenvalue weighted by Gasteiger charge is -1.89. The highest BCUT2D eigenvalue weighted by Crippen LogP contribution is 2.18. The average molecular weight is 178 g/mol. The molecule has 0 aliphatic heterocycles. The Bertz CT molecular complexity index is 420. The van der Waals surface area contributed by atoms with Crippen LogP contribution in [0.15, 0.2) is 24.3 Å². The van der Waals surface area contributed by atoms with Gasteiger partial charge in [-0.1, -0.05) is 6.07 Å². The van der Waals surface area contributed by atoms with Gasteiger partial charge in [0.15, 0.2) is 0 Å². The van der Waals surface area contributed by atoms with E-state index in [2.05, 4.69) is 4.98 Å². The first-order valence-electron chi connectivity index (χ1n) is 4.27. The van der Waals surface area contributed by atoms with Crippen molar-refractivity contribution in [1.82, 2.24) is 4.98 Å². The molecule has 0 aliphatic rings. The Balaban J connectivity index is 2.55. The lowest BCUT2D eigenvalue weighted by atomic mass is 10.2. The molecule has 0 radical (unpaired) electrons. The highest BCUT2D eigenvalue weighted by Gasteiger charge is 2.03. The number of nitrogens with two attached hydrogens (primary N) is 1. The maximum absolute atomic E-state index is 13.2. The largest absolute Gasteiger partial charge is 0.358 e. The van der Waals surface area contributed by atoms with Gasteiger partial charge in [-0.05, 0) is 31.2 Å². The molecule has 0 saturated carbocycles. The molecule has 68 valence electrons. The third-order valence-electron chi connectivity index (χ3n) is 2.08. The van der Waals surface area contributed by atoms with Crippen LogP contribution in [0.5, 0.6) is 0 Å². The quantitative estimate of drug-likeness (QED) is 0.723. The second-order valence-electron chi connectivity index (χ2n) is 3.03. The summed E-state index contributed by atoms with van der Waals surface area (Å²) >= 11 is 0. The van der Waals surface area contributed by atoms with E-state index < -0.39 is 0 Å². The van der Waals surface area contributed by atoms with Crippen molar-refractivity contribution in [3.63, 3.8) is 0 Å². The van der Waals surface area contributed by atoms with Crippen molar-refractivity contribution < 1.29 is 4.39 Å². The maximum atomic E-state index is 13.2. The first-order chi connectivity index (χ1) is 6.31. The van der Waals surface area contributed by atoms with Crippen LogP contribution in [0.25, 0.3) is 10.9 Å². The van der Waals surface area contributed by atoms with Crippen LogP contribution in [0, 0.1) is 5.82 Å². The molecule has 2 aromatic rings. The summed E-state index contributed by atoms with van der Waals surface area (Å²) in [4.78, 5) is 3.12. The summed E-state index contributed by atoms with van der Waals surface area (Å²) in [6.45, 7) is 0.578. The smallest absolute Gasteiger partial charge is 0.132 e. The highest BCUT2D eigenvalue weighted by atomic mass is 19.1. The maximum Gasteiger partial charge on any atom is 0.132 e. The number of benzene rings is 1. The molecule has 1 heterocycles. The van der Waals surface area contributed by atoms with Gasteiger partial charge < -0.3 is 10.7 Å². The van der Waals surface area contributed by atoms with Gasteiger partial charge in [-0.3, -0.25) is 0 Å². The van der Waals surface area contributed by atoms with Crippen LogP contribution in [0.2, 0.25) is 0 Å². The van der Waals surface area contributed by atoms with Crippen LogP contribution in [-0.2, 0) is 6.42 Å². The van der Waals surface area contributed by atoms with E-state index in [-0.39, 0.29) is 5.82 Å². The number of nitrogens with one attached hydrogen (secondary N) is 1. The Labute approximate surface area is 75.6 Å². The summed E-state index contributed by atoms with van der Waals surface area (Å²) in [5.74, 6) is -0.183. The molecule has 3 N–H and O–H groups in total. The van der Waals surface area contributed by atoms with Crippen LogP contribution < -0.4 is 5.73 Å². The minimum Gasteiger partial charge on any atom is -0.358 e. The van der Waals surface area contributed by atoms with Crippen molar-refractivity contribution in [2.45, 2.75) is 6.42 Å². The molecule has 13 heavy (non-hydrogen) atoms. The molecule has 0 unspecified atom stereocenters. The van der Waals surface area contributed by atoms with Crippen molar-refractivity contribution in [2.75, 3.05) is 6.54 Å². The zero-order valence-electron chi connectivity index (χ0n) is 7.18. The van der Waals surface area contributed by atoms with E-state index >= 15 is 0 Å². The Hall–Kier alpha value is -1.35. The number of aromatic amines is 1. The fourth-order valence-corrected chi connectivity index (χ4v) is 1.47. The SMILES string of the molecule is NCCc1cc2c(F)cccc2[nH]1. The fraction of sp³-hybridized carbons (Fsp3) is 0.200. The number of hydrogen-bond donors (Lipinski definition) is 2. The van der Waals surface area contributed by atoms with Crippen molar-refractivity contribution in [2.24, 2.45) is 5.73 Å². The van der Waals surface area contributed by atoms with Crippen LogP contribution in [0.3, 0.4) is 0 Å². The first kappa shape index (κ1) is 8.26. The molecule has 0 aliphatic carbocycles. The van der Waals surface area contributed by atoms with Gasteiger partial charge in [0, 0.05) is 16.6 Å². The molecule has 1 aromatic heterocycles. The summed E-state index contributed by atoms with van der Waals surface area (Å²) in [6.07, 6.45) is 0.758. The molecule has 0 amide bonds. The number of halogens is 1. The van der Waals surface area contributed by atoms with Gasteiger partial charge in [-0.2, -0.15) is 0 Å². The highest BCUT2D eigenvalue weighted by molar-refractivity contribution is 5.80. The van der Waals surface area contributed by atoms with E-state index in [4.69, 9.17) is 5.73 Å². The average Bonchev–Trinajstić information content (AvgIpc) is 2.49. The minimum atomic E-state index is -0.183. The van der Waals surface area contributed by atoms with Gasteiger partial charge in [0.2, 0.25) is 0 Å². The Kier molecular flexibility index (Phi) is 2.02. The van der Waals surface area contributed by atoms with E-state index in [0.29, 0.717) is 11.9 Å². The predicted molar refractivity (Wildman–Crippen MR) is 51.0 cm³/mol. The lowest BCUT2D eigenvalue weighted by Crippen LogP contribution is -2.02. The molecule has 1 aromatic carbocycles. The molecule has 3 heteroatoms. The summed E-state index contributed by atoms with van der Waals surface area (Å²) in [5, 5.41) is 0.644. The number of fused-ring (bicyclic) bond motifs is 1. The van der Waals surface area contributed by atoms with Gasteiger partial charge in [0.1, 0.15) is 5.82 Å². The third-order valence-corrected chi connectivity index (χ3v) is 2.08. The van der Waals surface area contributed by atoms with Gasteiger partial charge in [0.05, 0.1) is 0 Å². The van der Waals surface area contributed by atoms with Crippen molar-refractivity contribution >= 4 is 10.9 Å². The zero-order valence-corrected chi connectivity index (χ0v) is 7.18. The topological polar surface area (TPSA) is 41.8 Å². The third kappa shape index (κ3) is 1.42. The molecule has 0 saturated heterocycles. The number of hydrogen-bond acceptors (Lipinski definition) is 1. The van der Waals surface area contributed by atoms with Crippen LogP contribution in [0.1, 0.15) is 5.69 Å². The number of H-pyrrole nitrogens is 1. The second kappa shape index (κ2) is 3.18. The standard InChI is InChI=1S/C10H11FN2/c11-9-2-1-3-10-8(9)6-7(13-10)4-5-12/h1-3,6,13H,4-5,12H2. The van der Waals surface area contributed by atoms with Crippen LogP contribution >= 0.6 is 0 Å². The van der Waals surface area contributed by atoms with E-state index in [9.17, 15) is 4.39 Å².